The topological polar surface area (TPSA) is 67.2 Å². The van der Waals surface area contributed by atoms with Gasteiger partial charge >= 0.3 is 0 Å². The zero-order chi connectivity index (χ0) is 20.6. The lowest BCUT2D eigenvalue weighted by atomic mass is 9.96. The monoisotopic (exact) mass is 393 g/mol. The number of nitrogens with two attached hydrogens (primary N) is 1. The molecule has 1 fully saturated rings. The fourth-order valence-electron chi connectivity index (χ4n) is 4.39. The van der Waals surface area contributed by atoms with Crippen LogP contribution in [0.4, 0.5) is 0 Å². The van der Waals surface area contributed by atoms with Gasteiger partial charge in [0.25, 0.3) is 5.91 Å². The predicted octanol–water partition coefficient (Wildman–Crippen LogP) is 4.31. The van der Waals surface area contributed by atoms with Crippen molar-refractivity contribution in [2.24, 2.45) is 5.73 Å². The van der Waals surface area contributed by atoms with E-state index in [0.717, 1.165) is 12.8 Å². The van der Waals surface area contributed by atoms with E-state index in [-0.39, 0.29) is 5.91 Å². The highest BCUT2D eigenvalue weighted by atomic mass is 16.1. The number of rotatable bonds is 9. The maximum absolute atomic E-state index is 12.0. The number of amides is 1. The highest BCUT2D eigenvalue weighted by Gasteiger charge is 2.27. The summed E-state index contributed by atoms with van der Waals surface area (Å²) in [5.41, 5.74) is 10.3. The van der Waals surface area contributed by atoms with Gasteiger partial charge in [-0.25, -0.2) is 0 Å². The Balaban J connectivity index is 1.54. The summed E-state index contributed by atoms with van der Waals surface area (Å²) >= 11 is 0. The molecule has 3 atom stereocenters. The molecule has 4 N–H and O–H groups in total. The molecule has 4 nitrogen and oxygen atoms in total. The minimum atomic E-state index is -0.0490. The Labute approximate surface area is 175 Å². The van der Waals surface area contributed by atoms with E-state index in [4.69, 9.17) is 5.73 Å². The summed E-state index contributed by atoms with van der Waals surface area (Å²) in [7, 11) is 0. The van der Waals surface area contributed by atoms with E-state index < -0.39 is 0 Å². The van der Waals surface area contributed by atoms with Gasteiger partial charge in [-0.2, -0.15) is 0 Å². The number of nitrogens with one attached hydrogen (secondary N) is 2. The lowest BCUT2D eigenvalue weighted by Crippen LogP contribution is -2.29. The van der Waals surface area contributed by atoms with Crippen LogP contribution in [0.2, 0.25) is 0 Å². The Morgan fingerprint density at radius 2 is 1.97 bits per heavy atom. The molecule has 0 bridgehead atoms. The van der Waals surface area contributed by atoms with Crippen LogP contribution in [0.15, 0.2) is 48.5 Å². The first-order valence-electron chi connectivity index (χ1n) is 11.0. The van der Waals surface area contributed by atoms with Crippen molar-refractivity contribution in [3.8, 4) is 0 Å². The molecule has 4 heteroatoms. The summed E-state index contributed by atoms with van der Waals surface area (Å²) in [5, 5.41) is 6.66. The van der Waals surface area contributed by atoms with E-state index in [1.54, 1.807) is 0 Å². The second-order valence-electron chi connectivity index (χ2n) is 8.26. The Hall–Kier alpha value is -2.17. The van der Waals surface area contributed by atoms with Crippen molar-refractivity contribution in [3.63, 3.8) is 0 Å². The summed E-state index contributed by atoms with van der Waals surface area (Å²) in [6.07, 6.45) is 5.87. The van der Waals surface area contributed by atoms with Gasteiger partial charge in [-0.05, 0) is 67.3 Å². The maximum Gasteiger partial charge on any atom is 0.251 e. The van der Waals surface area contributed by atoms with Gasteiger partial charge in [-0.1, -0.05) is 49.7 Å². The maximum atomic E-state index is 12.0. The van der Waals surface area contributed by atoms with Crippen molar-refractivity contribution in [1.82, 2.24) is 10.6 Å². The van der Waals surface area contributed by atoms with Crippen molar-refractivity contribution in [3.05, 3.63) is 70.8 Å². The lowest BCUT2D eigenvalue weighted by Gasteiger charge is -2.21. The van der Waals surface area contributed by atoms with Crippen LogP contribution >= 0.6 is 0 Å². The van der Waals surface area contributed by atoms with Crippen LogP contribution in [0.1, 0.15) is 78.5 Å². The van der Waals surface area contributed by atoms with Crippen LogP contribution in [0.25, 0.3) is 0 Å². The zero-order valence-corrected chi connectivity index (χ0v) is 17.8. The lowest BCUT2D eigenvalue weighted by molar-refractivity contribution is 0.0954. The number of aryl methyl sites for hydroxylation is 1. The van der Waals surface area contributed by atoms with Crippen LogP contribution in [-0.4, -0.2) is 25.0 Å². The molecule has 1 aliphatic carbocycles. The molecule has 0 radical (unpaired) electrons. The summed E-state index contributed by atoms with van der Waals surface area (Å²) in [5.74, 6) is 0.513. The highest BCUT2D eigenvalue weighted by Crippen LogP contribution is 2.35. The molecule has 156 valence electrons. The smallest absolute Gasteiger partial charge is 0.251 e. The average molecular weight is 394 g/mol. The molecule has 2 unspecified atom stereocenters. The van der Waals surface area contributed by atoms with Gasteiger partial charge in [0.2, 0.25) is 0 Å². The molecule has 3 rings (SSSR count). The van der Waals surface area contributed by atoms with E-state index >= 15 is 0 Å². The quantitative estimate of drug-likeness (QED) is 0.594. The van der Waals surface area contributed by atoms with Gasteiger partial charge < -0.3 is 16.4 Å². The van der Waals surface area contributed by atoms with E-state index in [1.807, 2.05) is 12.1 Å². The molecule has 0 heterocycles. The minimum Gasteiger partial charge on any atom is -0.351 e. The van der Waals surface area contributed by atoms with Crippen molar-refractivity contribution in [2.75, 3.05) is 13.1 Å². The standard InChI is InChI=1S/C25H35N3O/c1-3-5-19-6-4-7-22(16-19)18(2)28-24-13-12-23(17-24)20-8-10-21(11-9-20)25(29)27-15-14-26/h4,6-11,16,18,23-24,28H,3,5,12-15,17,26H2,1-2H3,(H,27,29)/t18?,23-,24?/m0/s1. The fourth-order valence-corrected chi connectivity index (χ4v) is 4.39. The first-order chi connectivity index (χ1) is 14.1. The van der Waals surface area contributed by atoms with E-state index in [2.05, 4.69) is 60.9 Å². The molecule has 2 aromatic rings. The van der Waals surface area contributed by atoms with Crippen LogP contribution in [0, 0.1) is 0 Å². The number of carbonyl (C=O) groups is 1. The van der Waals surface area contributed by atoms with Gasteiger partial charge in [0, 0.05) is 30.7 Å². The number of hydrogen-bond donors (Lipinski definition) is 3. The first-order valence-corrected chi connectivity index (χ1v) is 11.0. The van der Waals surface area contributed by atoms with Gasteiger partial charge in [0.05, 0.1) is 0 Å². The Kier molecular flexibility index (Phi) is 7.84. The van der Waals surface area contributed by atoms with E-state index in [9.17, 15) is 4.79 Å². The van der Waals surface area contributed by atoms with Gasteiger partial charge in [-0.3, -0.25) is 4.79 Å². The predicted molar refractivity (Wildman–Crippen MR) is 120 cm³/mol. The normalized spacial score (nSPS) is 19.8. The van der Waals surface area contributed by atoms with Crippen molar-refractivity contribution >= 4 is 5.91 Å². The van der Waals surface area contributed by atoms with Crippen molar-refractivity contribution in [2.45, 2.75) is 64.0 Å². The second kappa shape index (κ2) is 10.6. The molecule has 0 aliphatic heterocycles. The van der Waals surface area contributed by atoms with Gasteiger partial charge in [0.15, 0.2) is 0 Å². The zero-order valence-electron chi connectivity index (χ0n) is 17.8. The third kappa shape index (κ3) is 5.91. The summed E-state index contributed by atoms with van der Waals surface area (Å²) in [6, 6.07) is 18.0. The molecule has 1 amide bonds. The SMILES string of the molecule is CCCc1cccc(C(C)NC2CC[C@H](c3ccc(C(=O)NCCN)cc3)C2)c1. The summed E-state index contributed by atoms with van der Waals surface area (Å²) < 4.78 is 0. The third-order valence-electron chi connectivity index (χ3n) is 5.98. The molecule has 0 spiro atoms. The molecule has 0 aromatic heterocycles. The summed E-state index contributed by atoms with van der Waals surface area (Å²) in [4.78, 5) is 12.0. The van der Waals surface area contributed by atoms with E-state index in [0.29, 0.717) is 36.7 Å². The number of benzene rings is 2. The molecule has 0 saturated heterocycles. The molecule has 1 aliphatic rings. The molecular weight excluding hydrogens is 358 g/mol. The fraction of sp³-hybridized carbons (Fsp3) is 0.480. The molecule has 29 heavy (non-hydrogen) atoms. The second-order valence-corrected chi connectivity index (χ2v) is 8.26. The van der Waals surface area contributed by atoms with Crippen molar-refractivity contribution in [1.29, 1.82) is 0 Å². The molecule has 2 aromatic carbocycles. The van der Waals surface area contributed by atoms with Crippen LogP contribution in [0.5, 0.6) is 0 Å². The Morgan fingerprint density at radius 1 is 1.17 bits per heavy atom. The highest BCUT2D eigenvalue weighted by molar-refractivity contribution is 5.94. The largest absolute Gasteiger partial charge is 0.351 e. The van der Waals surface area contributed by atoms with Crippen molar-refractivity contribution < 1.29 is 4.79 Å². The molecular formula is C25H35N3O. The Bertz CT molecular complexity index is 787. The van der Waals surface area contributed by atoms with Gasteiger partial charge in [0.1, 0.15) is 0 Å². The van der Waals surface area contributed by atoms with Crippen LogP contribution in [0.3, 0.4) is 0 Å². The van der Waals surface area contributed by atoms with Crippen LogP contribution in [-0.2, 0) is 6.42 Å². The third-order valence-corrected chi connectivity index (χ3v) is 5.98. The Morgan fingerprint density at radius 3 is 2.69 bits per heavy atom. The first kappa shape index (κ1) is 21.5. The summed E-state index contributed by atoms with van der Waals surface area (Å²) in [6.45, 7) is 5.47. The number of carbonyl (C=O) groups excluding carboxylic acids is 1. The molecule has 1 saturated carbocycles. The van der Waals surface area contributed by atoms with Crippen LogP contribution < -0.4 is 16.4 Å². The average Bonchev–Trinajstić information content (AvgIpc) is 3.21. The van der Waals surface area contributed by atoms with Gasteiger partial charge in [-0.15, -0.1) is 0 Å². The minimum absolute atomic E-state index is 0.0490. The number of hydrogen-bond acceptors (Lipinski definition) is 3. The van der Waals surface area contributed by atoms with E-state index in [1.165, 1.54) is 36.0 Å².